The Labute approximate surface area is 184 Å². The van der Waals surface area contributed by atoms with Crippen molar-refractivity contribution < 1.29 is 22.4 Å². The molecule has 1 N–H and O–H groups in total. The summed E-state index contributed by atoms with van der Waals surface area (Å²) in [7, 11) is 0. The molecular formula is C22H13ClF4N4O. The van der Waals surface area contributed by atoms with Gasteiger partial charge in [0, 0.05) is 17.3 Å². The van der Waals surface area contributed by atoms with Gasteiger partial charge in [-0.1, -0.05) is 11.6 Å². The number of hydrogen-bond donors (Lipinski definition) is 1. The normalized spacial score (nSPS) is 11.6. The zero-order valence-corrected chi connectivity index (χ0v) is 17.1. The third-order valence-corrected chi connectivity index (χ3v) is 4.95. The van der Waals surface area contributed by atoms with Crippen LogP contribution in [0.1, 0.15) is 21.7 Å². The molecule has 0 aliphatic heterocycles. The molecule has 162 valence electrons. The number of hydrogen-bond acceptors (Lipinski definition) is 4. The molecule has 2 aromatic heterocycles. The molecule has 0 saturated heterocycles. The summed E-state index contributed by atoms with van der Waals surface area (Å²) in [5.41, 5.74) is 0.912. The van der Waals surface area contributed by atoms with Crippen molar-refractivity contribution in [1.82, 2.24) is 15.0 Å². The van der Waals surface area contributed by atoms with E-state index in [-0.39, 0.29) is 11.3 Å². The Morgan fingerprint density at radius 2 is 1.78 bits per heavy atom. The predicted molar refractivity (Wildman–Crippen MR) is 112 cm³/mol. The lowest BCUT2D eigenvalue weighted by Crippen LogP contribution is -2.16. The molecule has 0 bridgehead atoms. The van der Waals surface area contributed by atoms with E-state index in [1.165, 1.54) is 31.3 Å². The lowest BCUT2D eigenvalue weighted by Gasteiger charge is -2.12. The second kappa shape index (κ2) is 8.16. The average molecular weight is 461 g/mol. The highest BCUT2D eigenvalue weighted by molar-refractivity contribution is 6.33. The summed E-state index contributed by atoms with van der Waals surface area (Å²) < 4.78 is 51.8. The van der Waals surface area contributed by atoms with Crippen LogP contribution in [0.15, 0.2) is 54.7 Å². The molecule has 5 nitrogen and oxygen atoms in total. The van der Waals surface area contributed by atoms with Gasteiger partial charge in [-0.3, -0.25) is 9.78 Å². The molecule has 4 aromatic rings. The summed E-state index contributed by atoms with van der Waals surface area (Å²) in [5, 5.41) is 2.96. The number of halogens is 5. The molecule has 0 atom stereocenters. The number of aromatic nitrogens is 3. The maximum absolute atomic E-state index is 13.4. The Hall–Kier alpha value is -3.59. The smallest absolute Gasteiger partial charge is 0.322 e. The molecule has 0 spiro atoms. The summed E-state index contributed by atoms with van der Waals surface area (Å²) >= 11 is 6.29. The first kappa shape index (κ1) is 21.6. The van der Waals surface area contributed by atoms with Gasteiger partial charge in [-0.2, -0.15) is 13.2 Å². The molecule has 2 aromatic carbocycles. The third kappa shape index (κ3) is 4.38. The lowest BCUT2D eigenvalue weighted by atomic mass is 10.1. The van der Waals surface area contributed by atoms with Crippen LogP contribution >= 0.6 is 11.6 Å². The van der Waals surface area contributed by atoms with Crippen LogP contribution in [0.2, 0.25) is 5.02 Å². The van der Waals surface area contributed by atoms with Crippen LogP contribution in [0.5, 0.6) is 0 Å². The second-order valence-corrected chi connectivity index (χ2v) is 7.27. The zero-order valence-electron chi connectivity index (χ0n) is 16.3. The Morgan fingerprint density at radius 3 is 2.50 bits per heavy atom. The SMILES string of the molecule is Cc1nc(C(F)(F)F)ccc1C(=O)Nc1ccc(Cl)c(-c2cnc3cc(F)ccc3n2)c1. The highest BCUT2D eigenvalue weighted by Crippen LogP contribution is 2.31. The first-order chi connectivity index (χ1) is 15.1. The Balaban J connectivity index is 1.63. The maximum Gasteiger partial charge on any atom is 0.433 e. The van der Waals surface area contributed by atoms with Gasteiger partial charge in [0.1, 0.15) is 11.5 Å². The number of anilines is 1. The van der Waals surface area contributed by atoms with E-state index >= 15 is 0 Å². The van der Waals surface area contributed by atoms with Crippen LogP contribution in [0, 0.1) is 12.7 Å². The number of pyridine rings is 1. The molecule has 4 rings (SSSR count). The second-order valence-electron chi connectivity index (χ2n) is 6.86. The van der Waals surface area contributed by atoms with Crippen molar-refractivity contribution in [2.75, 3.05) is 5.32 Å². The molecule has 0 radical (unpaired) electrons. The number of aryl methyl sites for hydroxylation is 1. The highest BCUT2D eigenvalue weighted by atomic mass is 35.5. The fourth-order valence-electron chi connectivity index (χ4n) is 3.07. The van der Waals surface area contributed by atoms with E-state index in [9.17, 15) is 22.4 Å². The van der Waals surface area contributed by atoms with Crippen LogP contribution in [0.25, 0.3) is 22.3 Å². The van der Waals surface area contributed by atoms with E-state index in [2.05, 4.69) is 20.3 Å². The van der Waals surface area contributed by atoms with Crippen LogP contribution in [0.4, 0.5) is 23.2 Å². The number of nitrogens with one attached hydrogen (secondary N) is 1. The number of nitrogens with zero attached hydrogens (tertiary/aromatic N) is 3. The van der Waals surface area contributed by atoms with Crippen LogP contribution in [-0.2, 0) is 6.18 Å². The summed E-state index contributed by atoms with van der Waals surface area (Å²) in [6.45, 7) is 1.32. The standard InChI is InChI=1S/C22H13ClF4N4O/c1-11-14(4-7-20(29-11)22(25,26)27)21(32)30-13-3-5-16(23)15(9-13)19-10-28-18-8-12(24)2-6-17(18)31-19/h2-10H,1H3,(H,30,32). The van der Waals surface area contributed by atoms with Crippen LogP contribution in [0.3, 0.4) is 0 Å². The van der Waals surface area contributed by atoms with E-state index in [1.54, 1.807) is 18.2 Å². The van der Waals surface area contributed by atoms with Gasteiger partial charge in [0.2, 0.25) is 0 Å². The number of benzene rings is 2. The summed E-state index contributed by atoms with van der Waals surface area (Å²) in [6.07, 6.45) is -3.17. The topological polar surface area (TPSA) is 67.8 Å². The monoisotopic (exact) mass is 460 g/mol. The van der Waals surface area contributed by atoms with Gasteiger partial charge in [-0.25, -0.2) is 14.4 Å². The minimum Gasteiger partial charge on any atom is -0.322 e. The molecule has 32 heavy (non-hydrogen) atoms. The number of carbonyl (C=O) groups excluding carboxylic acids is 1. The first-order valence-corrected chi connectivity index (χ1v) is 9.58. The molecule has 0 unspecified atom stereocenters. The average Bonchev–Trinajstić information content (AvgIpc) is 2.74. The number of carbonyl (C=O) groups is 1. The van der Waals surface area contributed by atoms with Gasteiger partial charge in [0.05, 0.1) is 39.2 Å². The van der Waals surface area contributed by atoms with Crippen LogP contribution in [-0.4, -0.2) is 20.9 Å². The Bertz CT molecular complexity index is 1360. The van der Waals surface area contributed by atoms with Gasteiger partial charge in [-0.15, -0.1) is 0 Å². The fraction of sp³-hybridized carbons (Fsp3) is 0.0909. The molecule has 1 amide bonds. The van der Waals surface area contributed by atoms with Gasteiger partial charge in [0.25, 0.3) is 5.91 Å². The molecule has 0 aliphatic rings. The van der Waals surface area contributed by atoms with E-state index in [0.29, 0.717) is 33.0 Å². The number of rotatable bonds is 3. The predicted octanol–water partition coefficient (Wildman–Crippen LogP) is 6.06. The minimum atomic E-state index is -4.60. The van der Waals surface area contributed by atoms with Gasteiger partial charge < -0.3 is 5.32 Å². The van der Waals surface area contributed by atoms with Gasteiger partial charge in [0.15, 0.2) is 0 Å². The Morgan fingerprint density at radius 1 is 1.00 bits per heavy atom. The molecule has 2 heterocycles. The van der Waals surface area contributed by atoms with Crippen molar-refractivity contribution in [1.29, 1.82) is 0 Å². The Kier molecular flexibility index (Phi) is 5.52. The van der Waals surface area contributed by atoms with E-state index in [1.807, 2.05) is 0 Å². The maximum atomic E-state index is 13.4. The third-order valence-electron chi connectivity index (χ3n) is 4.63. The summed E-state index contributed by atoms with van der Waals surface area (Å²) in [5.74, 6) is -1.06. The van der Waals surface area contributed by atoms with E-state index in [4.69, 9.17) is 11.6 Å². The van der Waals surface area contributed by atoms with Gasteiger partial charge >= 0.3 is 6.18 Å². The molecular weight excluding hydrogens is 448 g/mol. The van der Waals surface area contributed by atoms with Crippen molar-refractivity contribution >= 4 is 34.2 Å². The zero-order chi connectivity index (χ0) is 23.0. The first-order valence-electron chi connectivity index (χ1n) is 9.20. The number of fused-ring (bicyclic) bond motifs is 1. The molecule has 10 heteroatoms. The van der Waals surface area contributed by atoms with Crippen molar-refractivity contribution in [3.8, 4) is 11.3 Å². The molecule has 0 aliphatic carbocycles. The lowest BCUT2D eigenvalue weighted by molar-refractivity contribution is -0.141. The van der Waals surface area contributed by atoms with Crippen molar-refractivity contribution in [2.24, 2.45) is 0 Å². The summed E-state index contributed by atoms with van der Waals surface area (Å²) in [4.78, 5) is 24.7. The minimum absolute atomic E-state index is 0.00187. The number of alkyl halides is 3. The molecule has 0 saturated carbocycles. The summed E-state index contributed by atoms with van der Waals surface area (Å²) in [6, 6.07) is 10.5. The van der Waals surface area contributed by atoms with Crippen LogP contribution < -0.4 is 5.32 Å². The fourth-order valence-corrected chi connectivity index (χ4v) is 3.28. The van der Waals surface area contributed by atoms with Gasteiger partial charge in [-0.05, 0) is 49.4 Å². The van der Waals surface area contributed by atoms with Crippen molar-refractivity contribution in [3.05, 3.63) is 82.5 Å². The molecule has 0 fully saturated rings. The van der Waals surface area contributed by atoms with Crippen molar-refractivity contribution in [2.45, 2.75) is 13.1 Å². The van der Waals surface area contributed by atoms with Crippen molar-refractivity contribution in [3.63, 3.8) is 0 Å². The quantitative estimate of drug-likeness (QED) is 0.377. The largest absolute Gasteiger partial charge is 0.433 e. The van der Waals surface area contributed by atoms with E-state index in [0.717, 1.165) is 12.1 Å². The van der Waals surface area contributed by atoms with E-state index < -0.39 is 23.6 Å². The number of amides is 1. The highest BCUT2D eigenvalue weighted by Gasteiger charge is 2.33.